The third-order valence-electron chi connectivity index (χ3n) is 2.45. The van der Waals surface area contributed by atoms with Crippen molar-refractivity contribution in [3.05, 3.63) is 11.9 Å². The fourth-order valence-electron chi connectivity index (χ4n) is 1.38. The monoisotopic (exact) mass is 255 g/mol. The molecule has 0 saturated heterocycles. The summed E-state index contributed by atoms with van der Waals surface area (Å²) in [7, 11) is 0. The first-order chi connectivity index (χ1) is 8.67. The predicted octanol–water partition coefficient (Wildman–Crippen LogP) is -0.725. The van der Waals surface area contributed by atoms with Crippen molar-refractivity contribution < 1.29 is 9.90 Å². The number of carbonyl (C=O) groups excluding carboxylic acids is 1. The average Bonchev–Trinajstić information content (AvgIpc) is 2.81. The molecule has 0 radical (unpaired) electrons. The molecule has 102 valence electrons. The van der Waals surface area contributed by atoms with Gasteiger partial charge in [-0.05, 0) is 13.3 Å². The zero-order valence-electron chi connectivity index (χ0n) is 10.9. The van der Waals surface area contributed by atoms with Crippen LogP contribution in [0.15, 0.2) is 6.20 Å². The molecule has 1 atom stereocenters. The Labute approximate surface area is 107 Å². The number of rotatable bonds is 8. The average molecular weight is 255 g/mol. The first kappa shape index (κ1) is 14.6. The first-order valence-corrected chi connectivity index (χ1v) is 6.18. The molecular weight excluding hydrogens is 234 g/mol. The summed E-state index contributed by atoms with van der Waals surface area (Å²) < 4.78 is 1.57. The quantitative estimate of drug-likeness (QED) is 0.570. The number of nitrogens with zero attached hydrogens (tertiary/aromatic N) is 3. The maximum atomic E-state index is 11.6. The van der Waals surface area contributed by atoms with Gasteiger partial charge in [0, 0.05) is 19.3 Å². The van der Waals surface area contributed by atoms with E-state index in [2.05, 4.69) is 20.9 Å². The molecule has 1 aromatic heterocycles. The molecule has 3 N–H and O–H groups in total. The number of nitrogens with one attached hydrogen (secondary N) is 2. The van der Waals surface area contributed by atoms with Crippen molar-refractivity contribution in [1.82, 2.24) is 25.6 Å². The Morgan fingerprint density at radius 1 is 1.61 bits per heavy atom. The standard InChI is InChI=1S/C11H21N5O2/c1-3-4-12-11(18)9(2)13-7-10-8-16(5-6-17)15-14-10/h8-9,13,17H,3-7H2,1-2H3,(H,12,18). The van der Waals surface area contributed by atoms with Gasteiger partial charge in [0.15, 0.2) is 0 Å². The number of aliphatic hydroxyl groups is 1. The highest BCUT2D eigenvalue weighted by molar-refractivity contribution is 5.81. The van der Waals surface area contributed by atoms with E-state index in [1.165, 1.54) is 0 Å². The highest BCUT2D eigenvalue weighted by atomic mass is 16.3. The molecular formula is C11H21N5O2. The lowest BCUT2D eigenvalue weighted by atomic mass is 10.3. The van der Waals surface area contributed by atoms with Crippen LogP contribution in [0.25, 0.3) is 0 Å². The Balaban J connectivity index is 2.32. The summed E-state index contributed by atoms with van der Waals surface area (Å²) in [4.78, 5) is 11.6. The van der Waals surface area contributed by atoms with E-state index >= 15 is 0 Å². The molecule has 1 rings (SSSR count). The van der Waals surface area contributed by atoms with Crippen LogP contribution in [0.3, 0.4) is 0 Å². The van der Waals surface area contributed by atoms with E-state index in [1.54, 1.807) is 10.9 Å². The van der Waals surface area contributed by atoms with Crippen LogP contribution in [0.1, 0.15) is 26.0 Å². The van der Waals surface area contributed by atoms with Crippen LogP contribution in [-0.2, 0) is 17.9 Å². The number of carbonyl (C=O) groups is 1. The van der Waals surface area contributed by atoms with E-state index in [1.807, 2.05) is 13.8 Å². The minimum atomic E-state index is -0.264. The van der Waals surface area contributed by atoms with Crippen molar-refractivity contribution in [2.24, 2.45) is 0 Å². The van der Waals surface area contributed by atoms with Crippen LogP contribution in [0, 0.1) is 0 Å². The Morgan fingerprint density at radius 2 is 2.39 bits per heavy atom. The van der Waals surface area contributed by atoms with E-state index in [0.29, 0.717) is 19.6 Å². The van der Waals surface area contributed by atoms with Crippen LogP contribution in [0.2, 0.25) is 0 Å². The molecule has 0 spiro atoms. The third-order valence-corrected chi connectivity index (χ3v) is 2.45. The molecule has 0 aliphatic rings. The van der Waals surface area contributed by atoms with E-state index < -0.39 is 0 Å². The zero-order valence-corrected chi connectivity index (χ0v) is 10.9. The maximum Gasteiger partial charge on any atom is 0.236 e. The normalized spacial score (nSPS) is 12.4. The van der Waals surface area contributed by atoms with Crippen LogP contribution >= 0.6 is 0 Å². The van der Waals surface area contributed by atoms with Crippen molar-refractivity contribution in [1.29, 1.82) is 0 Å². The van der Waals surface area contributed by atoms with Gasteiger partial charge in [-0.1, -0.05) is 12.1 Å². The van der Waals surface area contributed by atoms with E-state index in [-0.39, 0.29) is 18.6 Å². The topological polar surface area (TPSA) is 92.1 Å². The number of hydrogen-bond donors (Lipinski definition) is 3. The van der Waals surface area contributed by atoms with Crippen molar-refractivity contribution in [3.8, 4) is 0 Å². The molecule has 1 heterocycles. The van der Waals surface area contributed by atoms with Gasteiger partial charge >= 0.3 is 0 Å². The fourth-order valence-corrected chi connectivity index (χ4v) is 1.38. The lowest BCUT2D eigenvalue weighted by Crippen LogP contribution is -2.42. The molecule has 1 unspecified atom stereocenters. The lowest BCUT2D eigenvalue weighted by molar-refractivity contribution is -0.122. The molecule has 1 amide bonds. The molecule has 7 heteroatoms. The van der Waals surface area contributed by atoms with Crippen LogP contribution < -0.4 is 10.6 Å². The summed E-state index contributed by atoms with van der Waals surface area (Å²) in [5, 5.41) is 22.4. The maximum absolute atomic E-state index is 11.6. The van der Waals surface area contributed by atoms with Gasteiger partial charge in [0.25, 0.3) is 0 Å². The SMILES string of the molecule is CCCNC(=O)C(C)NCc1cn(CCO)nn1. The zero-order chi connectivity index (χ0) is 13.4. The van der Waals surface area contributed by atoms with Gasteiger partial charge in [0.1, 0.15) is 0 Å². The van der Waals surface area contributed by atoms with Crippen molar-refractivity contribution in [2.45, 2.75) is 39.4 Å². The fraction of sp³-hybridized carbons (Fsp3) is 0.727. The molecule has 0 aliphatic heterocycles. The summed E-state index contributed by atoms with van der Waals surface area (Å²) in [5.41, 5.74) is 0.749. The largest absolute Gasteiger partial charge is 0.394 e. The van der Waals surface area contributed by atoms with Gasteiger partial charge in [-0.15, -0.1) is 5.10 Å². The second-order valence-corrected chi connectivity index (χ2v) is 4.09. The second kappa shape index (κ2) is 7.78. The van der Waals surface area contributed by atoms with Gasteiger partial charge in [0.2, 0.25) is 5.91 Å². The summed E-state index contributed by atoms with van der Waals surface area (Å²) in [5.74, 6) is -0.0143. The molecule has 18 heavy (non-hydrogen) atoms. The van der Waals surface area contributed by atoms with Crippen molar-refractivity contribution in [3.63, 3.8) is 0 Å². The summed E-state index contributed by atoms with van der Waals surface area (Å²) >= 11 is 0. The Hall–Kier alpha value is -1.47. The molecule has 0 aliphatic carbocycles. The van der Waals surface area contributed by atoms with Crippen molar-refractivity contribution in [2.75, 3.05) is 13.2 Å². The molecule has 0 bridgehead atoms. The Kier molecular flexibility index (Phi) is 6.31. The van der Waals surface area contributed by atoms with Crippen LogP contribution in [0.4, 0.5) is 0 Å². The smallest absolute Gasteiger partial charge is 0.236 e. The predicted molar refractivity (Wildman–Crippen MR) is 66.7 cm³/mol. The second-order valence-electron chi connectivity index (χ2n) is 4.09. The van der Waals surface area contributed by atoms with Gasteiger partial charge in [-0.3, -0.25) is 4.79 Å². The molecule has 1 aromatic rings. The van der Waals surface area contributed by atoms with Gasteiger partial charge < -0.3 is 15.7 Å². The summed E-state index contributed by atoms with van der Waals surface area (Å²) in [6.45, 7) is 5.45. The van der Waals surface area contributed by atoms with Gasteiger partial charge in [0.05, 0.1) is 24.9 Å². The van der Waals surface area contributed by atoms with Crippen LogP contribution in [-0.4, -0.2) is 45.2 Å². The minimum Gasteiger partial charge on any atom is -0.394 e. The number of hydrogen-bond acceptors (Lipinski definition) is 5. The number of amides is 1. The molecule has 0 fully saturated rings. The molecule has 7 nitrogen and oxygen atoms in total. The van der Waals surface area contributed by atoms with E-state index in [9.17, 15) is 4.79 Å². The lowest BCUT2D eigenvalue weighted by Gasteiger charge is -2.12. The van der Waals surface area contributed by atoms with E-state index in [0.717, 1.165) is 12.1 Å². The van der Waals surface area contributed by atoms with E-state index in [4.69, 9.17) is 5.11 Å². The molecule has 0 aromatic carbocycles. The first-order valence-electron chi connectivity index (χ1n) is 6.18. The molecule has 0 saturated carbocycles. The number of aromatic nitrogens is 3. The Morgan fingerprint density at radius 3 is 3.06 bits per heavy atom. The van der Waals surface area contributed by atoms with Crippen LogP contribution in [0.5, 0.6) is 0 Å². The summed E-state index contributed by atoms with van der Waals surface area (Å²) in [6.07, 6.45) is 2.67. The highest BCUT2D eigenvalue weighted by Gasteiger charge is 2.11. The highest BCUT2D eigenvalue weighted by Crippen LogP contribution is 1.94. The summed E-state index contributed by atoms with van der Waals surface area (Å²) in [6, 6.07) is -0.264. The van der Waals surface area contributed by atoms with Crippen molar-refractivity contribution >= 4 is 5.91 Å². The minimum absolute atomic E-state index is 0.0143. The number of aliphatic hydroxyl groups excluding tert-OH is 1. The van der Waals surface area contributed by atoms with Gasteiger partial charge in [-0.25, -0.2) is 4.68 Å². The van der Waals surface area contributed by atoms with Gasteiger partial charge in [-0.2, -0.15) is 0 Å². The third kappa shape index (κ3) is 4.80. The Bertz CT molecular complexity index is 366.